The second kappa shape index (κ2) is 8.02. The molecule has 0 aliphatic rings. The molecule has 0 saturated carbocycles. The van der Waals surface area contributed by atoms with E-state index in [-0.39, 0.29) is 12.4 Å². The van der Waals surface area contributed by atoms with Crippen LogP contribution in [0.5, 0.6) is 11.5 Å². The minimum atomic E-state index is -0.578. The number of rotatable bonds is 7. The van der Waals surface area contributed by atoms with Crippen molar-refractivity contribution < 1.29 is 14.9 Å². The molecule has 4 nitrogen and oxygen atoms in total. The number of phenols is 1. The van der Waals surface area contributed by atoms with Crippen molar-refractivity contribution in [3.8, 4) is 11.5 Å². The molecule has 2 rings (SSSR count). The van der Waals surface area contributed by atoms with E-state index < -0.39 is 6.10 Å². The molecule has 21 heavy (non-hydrogen) atoms. The van der Waals surface area contributed by atoms with E-state index in [1.54, 1.807) is 12.1 Å². The van der Waals surface area contributed by atoms with E-state index in [4.69, 9.17) is 4.74 Å². The molecule has 0 amide bonds. The Morgan fingerprint density at radius 1 is 1.05 bits per heavy atom. The van der Waals surface area contributed by atoms with Crippen LogP contribution in [-0.4, -0.2) is 29.5 Å². The lowest BCUT2D eigenvalue weighted by atomic mass is 10.2. The zero-order chi connectivity index (χ0) is 15.1. The van der Waals surface area contributed by atoms with Gasteiger partial charge in [-0.05, 0) is 42.0 Å². The van der Waals surface area contributed by atoms with Crippen LogP contribution in [0.4, 0.5) is 0 Å². The summed E-state index contributed by atoms with van der Waals surface area (Å²) in [5.74, 6) is 0.984. The predicted octanol–water partition coefficient (Wildman–Crippen LogP) is 2.68. The van der Waals surface area contributed by atoms with Gasteiger partial charge in [-0.1, -0.05) is 28.1 Å². The zero-order valence-electron chi connectivity index (χ0n) is 11.5. The number of hydrogen-bond acceptors (Lipinski definition) is 4. The third-order valence-corrected chi connectivity index (χ3v) is 3.43. The van der Waals surface area contributed by atoms with Gasteiger partial charge >= 0.3 is 0 Å². The van der Waals surface area contributed by atoms with Gasteiger partial charge < -0.3 is 20.3 Å². The van der Waals surface area contributed by atoms with Gasteiger partial charge in [-0.3, -0.25) is 0 Å². The number of hydrogen-bond donors (Lipinski definition) is 3. The van der Waals surface area contributed by atoms with Crippen molar-refractivity contribution >= 4 is 15.9 Å². The van der Waals surface area contributed by atoms with E-state index in [1.807, 2.05) is 36.4 Å². The number of benzene rings is 2. The zero-order valence-corrected chi connectivity index (χ0v) is 13.1. The molecule has 0 spiro atoms. The lowest BCUT2D eigenvalue weighted by molar-refractivity contribution is 0.106. The third kappa shape index (κ3) is 5.75. The first kappa shape index (κ1) is 15.8. The van der Waals surface area contributed by atoms with E-state index in [0.29, 0.717) is 13.1 Å². The minimum absolute atomic E-state index is 0.240. The largest absolute Gasteiger partial charge is 0.508 e. The third-order valence-electron chi connectivity index (χ3n) is 2.90. The van der Waals surface area contributed by atoms with Crippen molar-refractivity contribution in [3.63, 3.8) is 0 Å². The van der Waals surface area contributed by atoms with E-state index in [9.17, 15) is 10.2 Å². The Morgan fingerprint density at radius 3 is 2.38 bits per heavy atom. The molecule has 1 unspecified atom stereocenters. The summed E-state index contributed by atoms with van der Waals surface area (Å²) in [7, 11) is 0. The molecule has 112 valence electrons. The molecule has 2 aromatic carbocycles. The number of halogens is 1. The quantitative estimate of drug-likeness (QED) is 0.717. The van der Waals surface area contributed by atoms with Gasteiger partial charge in [0.05, 0.1) is 0 Å². The summed E-state index contributed by atoms with van der Waals surface area (Å²) in [6.07, 6.45) is -0.578. The smallest absolute Gasteiger partial charge is 0.119 e. The van der Waals surface area contributed by atoms with Gasteiger partial charge in [0.25, 0.3) is 0 Å². The average molecular weight is 352 g/mol. The Balaban J connectivity index is 1.66. The first-order valence-electron chi connectivity index (χ1n) is 6.68. The summed E-state index contributed by atoms with van der Waals surface area (Å²) >= 11 is 3.36. The highest BCUT2D eigenvalue weighted by Crippen LogP contribution is 2.16. The summed E-state index contributed by atoms with van der Waals surface area (Å²) in [5.41, 5.74) is 1.05. The molecule has 0 aliphatic heterocycles. The SMILES string of the molecule is Oc1ccc(CNCC(O)COc2ccc(Br)cc2)cc1. The molecule has 0 saturated heterocycles. The lowest BCUT2D eigenvalue weighted by Crippen LogP contribution is -2.31. The topological polar surface area (TPSA) is 61.7 Å². The maximum Gasteiger partial charge on any atom is 0.119 e. The number of phenolic OH excluding ortho intramolecular Hbond substituents is 1. The second-order valence-corrected chi connectivity index (χ2v) is 5.63. The summed E-state index contributed by atoms with van der Waals surface area (Å²) in [6, 6.07) is 14.4. The number of ether oxygens (including phenoxy) is 1. The number of nitrogens with one attached hydrogen (secondary N) is 1. The van der Waals surface area contributed by atoms with E-state index in [2.05, 4.69) is 21.2 Å². The van der Waals surface area contributed by atoms with Gasteiger partial charge in [-0.2, -0.15) is 0 Å². The van der Waals surface area contributed by atoms with Crippen molar-refractivity contribution in [3.05, 3.63) is 58.6 Å². The molecule has 1 atom stereocenters. The molecule has 0 aromatic heterocycles. The highest BCUT2D eigenvalue weighted by Gasteiger charge is 2.05. The van der Waals surface area contributed by atoms with Gasteiger partial charge in [0.15, 0.2) is 0 Å². The van der Waals surface area contributed by atoms with Crippen LogP contribution >= 0.6 is 15.9 Å². The van der Waals surface area contributed by atoms with Crippen molar-refractivity contribution in [2.45, 2.75) is 12.6 Å². The molecule has 0 radical (unpaired) electrons. The van der Waals surface area contributed by atoms with Crippen molar-refractivity contribution in [1.82, 2.24) is 5.32 Å². The summed E-state index contributed by atoms with van der Waals surface area (Å²) in [6.45, 7) is 1.32. The first-order valence-corrected chi connectivity index (χ1v) is 7.48. The molecule has 3 N–H and O–H groups in total. The minimum Gasteiger partial charge on any atom is -0.508 e. The average Bonchev–Trinajstić information content (AvgIpc) is 2.49. The van der Waals surface area contributed by atoms with Crippen molar-refractivity contribution in [2.75, 3.05) is 13.2 Å². The van der Waals surface area contributed by atoms with Crippen molar-refractivity contribution in [1.29, 1.82) is 0 Å². The Bertz CT molecular complexity index is 542. The number of aromatic hydroxyl groups is 1. The summed E-state index contributed by atoms with van der Waals surface area (Å²) in [5, 5.41) is 22.2. The Morgan fingerprint density at radius 2 is 1.71 bits per heavy atom. The number of aliphatic hydroxyl groups excluding tert-OH is 1. The Hall–Kier alpha value is -1.56. The molecule has 0 aliphatic carbocycles. The van der Waals surface area contributed by atoms with E-state index in [1.165, 1.54) is 0 Å². The second-order valence-electron chi connectivity index (χ2n) is 4.72. The molecule has 0 bridgehead atoms. The maximum atomic E-state index is 9.85. The molecule has 2 aromatic rings. The van der Waals surface area contributed by atoms with Crippen LogP contribution < -0.4 is 10.1 Å². The fraction of sp³-hybridized carbons (Fsp3) is 0.250. The van der Waals surface area contributed by atoms with Crippen molar-refractivity contribution in [2.24, 2.45) is 0 Å². The standard InChI is InChI=1S/C16H18BrNO3/c17-13-3-7-16(8-4-13)21-11-15(20)10-18-9-12-1-5-14(19)6-2-12/h1-8,15,18-20H,9-11H2. The number of aliphatic hydroxyl groups is 1. The highest BCUT2D eigenvalue weighted by molar-refractivity contribution is 9.10. The first-order chi connectivity index (χ1) is 10.1. The maximum absolute atomic E-state index is 9.85. The van der Waals surface area contributed by atoms with Crippen LogP contribution in [0.25, 0.3) is 0 Å². The van der Waals surface area contributed by atoms with Gasteiger partial charge in [-0.15, -0.1) is 0 Å². The van der Waals surface area contributed by atoms with Gasteiger partial charge in [-0.25, -0.2) is 0 Å². The lowest BCUT2D eigenvalue weighted by Gasteiger charge is -2.13. The highest BCUT2D eigenvalue weighted by atomic mass is 79.9. The predicted molar refractivity (Wildman–Crippen MR) is 85.5 cm³/mol. The van der Waals surface area contributed by atoms with Crippen LogP contribution in [0.3, 0.4) is 0 Å². The van der Waals surface area contributed by atoms with Gasteiger partial charge in [0, 0.05) is 17.6 Å². The van der Waals surface area contributed by atoms with Gasteiger partial charge in [0.2, 0.25) is 0 Å². The monoisotopic (exact) mass is 351 g/mol. The van der Waals surface area contributed by atoms with Crippen LogP contribution in [0.1, 0.15) is 5.56 Å². The summed E-state index contributed by atoms with van der Waals surface area (Å²) < 4.78 is 6.49. The molecular formula is C16H18BrNO3. The fourth-order valence-corrected chi connectivity index (χ4v) is 2.04. The fourth-order valence-electron chi connectivity index (χ4n) is 1.78. The van der Waals surface area contributed by atoms with Gasteiger partial charge in [0.1, 0.15) is 24.2 Å². The van der Waals surface area contributed by atoms with E-state index in [0.717, 1.165) is 15.8 Å². The molecule has 0 fully saturated rings. The Kier molecular flexibility index (Phi) is 6.04. The van der Waals surface area contributed by atoms with Crippen LogP contribution in [-0.2, 0) is 6.54 Å². The van der Waals surface area contributed by atoms with Crippen LogP contribution in [0.15, 0.2) is 53.0 Å². The molecular weight excluding hydrogens is 334 g/mol. The van der Waals surface area contributed by atoms with Crippen LogP contribution in [0.2, 0.25) is 0 Å². The molecule has 0 heterocycles. The van der Waals surface area contributed by atoms with E-state index >= 15 is 0 Å². The Labute approximate surface area is 132 Å². The van der Waals surface area contributed by atoms with Crippen LogP contribution in [0, 0.1) is 0 Å². The molecule has 5 heteroatoms. The summed E-state index contributed by atoms with van der Waals surface area (Å²) in [4.78, 5) is 0. The normalized spacial score (nSPS) is 12.1.